The van der Waals surface area contributed by atoms with Gasteiger partial charge in [0, 0.05) is 11.3 Å². The summed E-state index contributed by atoms with van der Waals surface area (Å²) in [6.07, 6.45) is 0.793. The lowest BCUT2D eigenvalue weighted by molar-refractivity contribution is -0.115. The quantitative estimate of drug-likeness (QED) is 0.599. The average Bonchev–Trinajstić information content (AvgIpc) is 3.27. The number of thiophene rings is 1. The van der Waals surface area contributed by atoms with Crippen LogP contribution in [0.1, 0.15) is 38.1 Å². The van der Waals surface area contributed by atoms with E-state index in [-0.39, 0.29) is 23.8 Å². The van der Waals surface area contributed by atoms with E-state index in [0.717, 1.165) is 17.7 Å². The highest BCUT2D eigenvalue weighted by Gasteiger charge is 2.19. The lowest BCUT2D eigenvalue weighted by Gasteiger charge is -2.11. The van der Waals surface area contributed by atoms with Crippen molar-refractivity contribution in [1.29, 1.82) is 0 Å². The molecule has 3 aromatic rings. The molecule has 0 aliphatic heterocycles. The van der Waals surface area contributed by atoms with Gasteiger partial charge in [-0.15, -0.1) is 11.3 Å². The molecule has 3 rings (SSSR count). The zero-order valence-electron chi connectivity index (χ0n) is 15.4. The molecule has 28 heavy (non-hydrogen) atoms. The normalized spacial score (nSPS) is 10.3. The summed E-state index contributed by atoms with van der Waals surface area (Å²) >= 11 is 1.32. The molecule has 5 nitrogen and oxygen atoms in total. The summed E-state index contributed by atoms with van der Waals surface area (Å²) in [5.41, 5.74) is 2.33. The van der Waals surface area contributed by atoms with Crippen LogP contribution in [0.5, 0.6) is 0 Å². The van der Waals surface area contributed by atoms with Gasteiger partial charge in [-0.25, -0.2) is 0 Å². The van der Waals surface area contributed by atoms with E-state index in [2.05, 4.69) is 10.6 Å². The van der Waals surface area contributed by atoms with Gasteiger partial charge < -0.3 is 10.6 Å². The van der Waals surface area contributed by atoms with E-state index in [0.29, 0.717) is 10.4 Å². The Kier molecular flexibility index (Phi) is 6.34. The second-order valence-electron chi connectivity index (χ2n) is 6.09. The average molecular weight is 392 g/mol. The van der Waals surface area contributed by atoms with Crippen LogP contribution in [0.4, 0.5) is 5.69 Å². The number of hydrogen-bond acceptors (Lipinski definition) is 4. The number of aryl methyl sites for hydroxylation is 1. The predicted molar refractivity (Wildman–Crippen MR) is 111 cm³/mol. The Morgan fingerprint density at radius 3 is 2.32 bits per heavy atom. The number of para-hydroxylation sites is 1. The summed E-state index contributed by atoms with van der Waals surface area (Å²) < 4.78 is 0. The van der Waals surface area contributed by atoms with Crippen LogP contribution in [-0.4, -0.2) is 24.1 Å². The summed E-state index contributed by atoms with van der Waals surface area (Å²) in [5.74, 6) is -0.988. The Bertz CT molecular complexity index is 997. The van der Waals surface area contributed by atoms with E-state index in [4.69, 9.17) is 0 Å². The van der Waals surface area contributed by atoms with Crippen molar-refractivity contribution >= 4 is 34.6 Å². The largest absolute Gasteiger partial charge is 0.343 e. The van der Waals surface area contributed by atoms with E-state index in [9.17, 15) is 14.4 Å². The third kappa shape index (κ3) is 4.53. The lowest BCUT2D eigenvalue weighted by atomic mass is 10.0. The smallest absolute Gasteiger partial charge is 0.252 e. The molecule has 0 aliphatic rings. The van der Waals surface area contributed by atoms with Crippen molar-refractivity contribution < 1.29 is 14.4 Å². The minimum Gasteiger partial charge on any atom is -0.343 e. The molecule has 1 aromatic heterocycles. The molecular weight excluding hydrogens is 372 g/mol. The number of hydrogen-bond donors (Lipinski definition) is 2. The molecule has 0 aliphatic carbocycles. The minimum atomic E-state index is -0.459. The van der Waals surface area contributed by atoms with Gasteiger partial charge >= 0.3 is 0 Å². The summed E-state index contributed by atoms with van der Waals surface area (Å²) in [6, 6.07) is 17.7. The van der Waals surface area contributed by atoms with E-state index in [1.807, 2.05) is 36.6 Å². The summed E-state index contributed by atoms with van der Waals surface area (Å²) in [4.78, 5) is 38.0. The van der Waals surface area contributed by atoms with Crippen LogP contribution in [0.25, 0.3) is 0 Å². The first kappa shape index (κ1) is 19.5. The van der Waals surface area contributed by atoms with Crippen LogP contribution < -0.4 is 10.6 Å². The van der Waals surface area contributed by atoms with Gasteiger partial charge in [0.2, 0.25) is 11.7 Å². The Labute approximate surface area is 167 Å². The van der Waals surface area contributed by atoms with Crippen LogP contribution >= 0.6 is 11.3 Å². The monoisotopic (exact) mass is 392 g/mol. The van der Waals surface area contributed by atoms with Crippen LogP contribution in [0.2, 0.25) is 0 Å². The van der Waals surface area contributed by atoms with Crippen LogP contribution in [0.3, 0.4) is 0 Å². The fraction of sp³-hybridized carbons (Fsp3) is 0.136. The van der Waals surface area contributed by atoms with Gasteiger partial charge in [0.1, 0.15) is 0 Å². The molecule has 2 amide bonds. The summed E-state index contributed by atoms with van der Waals surface area (Å²) in [5, 5.41) is 7.22. The van der Waals surface area contributed by atoms with Gasteiger partial charge in [0.05, 0.1) is 17.0 Å². The molecule has 2 aromatic carbocycles. The number of rotatable bonds is 7. The van der Waals surface area contributed by atoms with Gasteiger partial charge in [-0.05, 0) is 35.6 Å². The molecule has 0 radical (unpaired) electrons. The van der Waals surface area contributed by atoms with Crippen LogP contribution in [-0.2, 0) is 11.2 Å². The van der Waals surface area contributed by atoms with E-state index < -0.39 is 5.91 Å². The van der Waals surface area contributed by atoms with Gasteiger partial charge in [-0.2, -0.15) is 0 Å². The Balaban J connectivity index is 1.67. The molecule has 2 N–H and O–H groups in total. The highest BCUT2D eigenvalue weighted by molar-refractivity contribution is 7.12. The zero-order chi connectivity index (χ0) is 19.9. The number of carbonyl (C=O) groups is 3. The van der Waals surface area contributed by atoms with Crippen molar-refractivity contribution in [3.63, 3.8) is 0 Å². The Morgan fingerprint density at radius 2 is 1.61 bits per heavy atom. The molecule has 0 unspecified atom stereocenters. The molecule has 142 valence electrons. The first-order valence-corrected chi connectivity index (χ1v) is 9.81. The van der Waals surface area contributed by atoms with Gasteiger partial charge in [-0.1, -0.05) is 49.4 Å². The first-order chi connectivity index (χ1) is 13.6. The maximum Gasteiger partial charge on any atom is 0.252 e. The highest BCUT2D eigenvalue weighted by Crippen LogP contribution is 2.18. The molecule has 0 spiro atoms. The number of nitrogens with one attached hydrogen (secondary N) is 2. The molecule has 0 saturated carbocycles. The number of amides is 2. The van der Waals surface area contributed by atoms with Gasteiger partial charge in [0.25, 0.3) is 5.91 Å². The Hall–Kier alpha value is -3.25. The molecule has 0 atom stereocenters. The summed E-state index contributed by atoms with van der Waals surface area (Å²) in [7, 11) is 0. The van der Waals surface area contributed by atoms with Crippen molar-refractivity contribution in [3.05, 3.63) is 87.6 Å². The maximum atomic E-state index is 12.6. The maximum absolute atomic E-state index is 12.6. The van der Waals surface area contributed by atoms with Crippen molar-refractivity contribution in [2.75, 3.05) is 11.9 Å². The van der Waals surface area contributed by atoms with E-state index in [1.54, 1.807) is 36.4 Å². The number of carbonyl (C=O) groups excluding carboxylic acids is 3. The molecule has 0 saturated heterocycles. The number of benzene rings is 2. The van der Waals surface area contributed by atoms with Crippen molar-refractivity contribution in [2.45, 2.75) is 13.3 Å². The van der Waals surface area contributed by atoms with E-state index >= 15 is 0 Å². The Morgan fingerprint density at radius 1 is 0.893 bits per heavy atom. The third-order valence-corrected chi connectivity index (χ3v) is 5.11. The first-order valence-electron chi connectivity index (χ1n) is 8.93. The number of anilines is 1. The zero-order valence-corrected chi connectivity index (χ0v) is 16.2. The molecule has 6 heteroatoms. The van der Waals surface area contributed by atoms with E-state index in [1.165, 1.54) is 11.3 Å². The topological polar surface area (TPSA) is 75.3 Å². The fourth-order valence-electron chi connectivity index (χ4n) is 2.82. The fourth-order valence-corrected chi connectivity index (χ4v) is 3.50. The van der Waals surface area contributed by atoms with Gasteiger partial charge in [-0.3, -0.25) is 14.4 Å². The molecule has 1 heterocycles. The summed E-state index contributed by atoms with van der Waals surface area (Å²) in [6.45, 7) is 1.83. The molecule has 0 fully saturated rings. The third-order valence-electron chi connectivity index (χ3n) is 4.24. The van der Waals surface area contributed by atoms with Gasteiger partial charge in [0.15, 0.2) is 0 Å². The van der Waals surface area contributed by atoms with Crippen molar-refractivity contribution in [1.82, 2.24) is 5.32 Å². The SMILES string of the molecule is CCc1ccccc1NC(=O)CNC(=O)c1ccccc1C(=O)c1cccs1. The van der Waals surface area contributed by atoms with Crippen LogP contribution in [0.15, 0.2) is 66.0 Å². The highest BCUT2D eigenvalue weighted by atomic mass is 32.1. The van der Waals surface area contributed by atoms with Crippen molar-refractivity contribution in [2.24, 2.45) is 0 Å². The van der Waals surface area contributed by atoms with Crippen LogP contribution in [0, 0.1) is 0 Å². The molecular formula is C22H20N2O3S. The minimum absolute atomic E-state index is 0.182. The lowest BCUT2D eigenvalue weighted by Crippen LogP contribution is -2.33. The predicted octanol–water partition coefficient (Wildman–Crippen LogP) is 3.91. The van der Waals surface area contributed by atoms with Crippen molar-refractivity contribution in [3.8, 4) is 0 Å². The standard InChI is InChI=1S/C22H20N2O3S/c1-2-15-8-3-6-11-18(15)24-20(25)14-23-22(27)17-10-5-4-9-16(17)21(26)19-12-7-13-28-19/h3-13H,2,14H2,1H3,(H,23,27)(H,24,25). The second-order valence-corrected chi connectivity index (χ2v) is 7.04. The molecule has 0 bridgehead atoms. The number of ketones is 1. The second kappa shape index (κ2) is 9.10.